The molecule has 1 aliphatic rings. The number of nitrogens with two attached hydrogens (primary N) is 1. The summed E-state index contributed by atoms with van der Waals surface area (Å²) in [5, 5.41) is 0. The number of halogens is 1. The summed E-state index contributed by atoms with van der Waals surface area (Å²) in [4.78, 5) is 0. The van der Waals surface area contributed by atoms with Crippen molar-refractivity contribution >= 4 is 0 Å². The lowest BCUT2D eigenvalue weighted by atomic mass is 10.2. The van der Waals surface area contributed by atoms with Gasteiger partial charge in [-0.05, 0) is 37.0 Å². The number of benzene rings is 1. The average molecular weight is 249 g/mol. The summed E-state index contributed by atoms with van der Waals surface area (Å²) in [6, 6.07) is 4.22. The van der Waals surface area contributed by atoms with E-state index in [-0.39, 0.29) is 19.2 Å². The van der Waals surface area contributed by atoms with E-state index in [0.29, 0.717) is 17.2 Å². The summed E-state index contributed by atoms with van der Waals surface area (Å²) in [7, 11) is 0. The molecule has 18 heavy (non-hydrogen) atoms. The monoisotopic (exact) mass is 249 g/mol. The first-order chi connectivity index (χ1) is 8.79. The first kappa shape index (κ1) is 12.9. The van der Waals surface area contributed by atoms with Gasteiger partial charge in [0.1, 0.15) is 11.6 Å². The van der Waals surface area contributed by atoms with Gasteiger partial charge in [0, 0.05) is 0 Å². The van der Waals surface area contributed by atoms with Gasteiger partial charge in [-0.25, -0.2) is 4.39 Å². The normalized spacial score (nSPS) is 13.9. The maximum absolute atomic E-state index is 13.1. The second-order valence-electron chi connectivity index (χ2n) is 4.22. The molecule has 4 heteroatoms. The molecule has 3 nitrogen and oxygen atoms in total. The molecule has 0 amide bonds. The van der Waals surface area contributed by atoms with E-state index in [2.05, 4.69) is 11.8 Å². The van der Waals surface area contributed by atoms with E-state index in [4.69, 9.17) is 15.2 Å². The summed E-state index contributed by atoms with van der Waals surface area (Å²) in [5.74, 6) is 6.33. The summed E-state index contributed by atoms with van der Waals surface area (Å²) in [5.41, 5.74) is 5.79. The van der Waals surface area contributed by atoms with E-state index in [0.717, 1.165) is 6.61 Å². The van der Waals surface area contributed by atoms with E-state index in [1.807, 2.05) is 0 Å². The van der Waals surface area contributed by atoms with Crippen LogP contribution in [0.15, 0.2) is 18.2 Å². The third-order valence-electron chi connectivity index (χ3n) is 2.61. The lowest BCUT2D eigenvalue weighted by molar-refractivity contribution is 0.00979. The zero-order valence-corrected chi connectivity index (χ0v) is 10.1. The van der Waals surface area contributed by atoms with Gasteiger partial charge >= 0.3 is 0 Å². The minimum atomic E-state index is -0.345. The molecular formula is C14H16FNO2. The molecule has 1 aromatic carbocycles. The molecular weight excluding hydrogens is 233 g/mol. The van der Waals surface area contributed by atoms with Gasteiger partial charge in [0.25, 0.3) is 0 Å². The Morgan fingerprint density at radius 2 is 2.22 bits per heavy atom. The van der Waals surface area contributed by atoms with Gasteiger partial charge in [-0.2, -0.15) is 0 Å². The lowest BCUT2D eigenvalue weighted by Gasteiger charge is -2.08. The third kappa shape index (κ3) is 4.02. The van der Waals surface area contributed by atoms with Crippen LogP contribution >= 0.6 is 0 Å². The van der Waals surface area contributed by atoms with Gasteiger partial charge in [0.2, 0.25) is 0 Å². The van der Waals surface area contributed by atoms with Crippen molar-refractivity contribution < 1.29 is 13.9 Å². The van der Waals surface area contributed by atoms with Crippen molar-refractivity contribution in [1.82, 2.24) is 0 Å². The summed E-state index contributed by atoms with van der Waals surface area (Å²) >= 11 is 0. The molecule has 1 aromatic rings. The Hall–Kier alpha value is -1.57. The summed E-state index contributed by atoms with van der Waals surface area (Å²) in [6.07, 6.45) is 2.48. The Labute approximate surface area is 106 Å². The van der Waals surface area contributed by atoms with Crippen molar-refractivity contribution in [2.45, 2.75) is 12.8 Å². The minimum absolute atomic E-state index is 0.166. The quantitative estimate of drug-likeness (QED) is 0.492. The van der Waals surface area contributed by atoms with Crippen molar-refractivity contribution in [1.29, 1.82) is 0 Å². The fourth-order valence-corrected chi connectivity index (χ4v) is 1.48. The van der Waals surface area contributed by atoms with Crippen molar-refractivity contribution in [2.24, 2.45) is 11.7 Å². The first-order valence-electron chi connectivity index (χ1n) is 5.98. The van der Waals surface area contributed by atoms with Gasteiger partial charge < -0.3 is 15.2 Å². The highest BCUT2D eigenvalue weighted by Crippen LogP contribution is 2.28. The molecule has 2 N–H and O–H groups in total. The molecule has 1 saturated carbocycles. The second-order valence-corrected chi connectivity index (χ2v) is 4.22. The predicted molar refractivity (Wildman–Crippen MR) is 66.5 cm³/mol. The average Bonchev–Trinajstić information content (AvgIpc) is 3.18. The number of rotatable bonds is 5. The van der Waals surface area contributed by atoms with E-state index in [1.54, 1.807) is 6.07 Å². The fourth-order valence-electron chi connectivity index (χ4n) is 1.48. The van der Waals surface area contributed by atoms with Crippen molar-refractivity contribution in [3.8, 4) is 17.6 Å². The standard InChI is InChI=1S/C14H16FNO2/c15-13-5-6-14(12(8-13)2-1-7-16)18-10-17-9-11-3-4-11/h5-6,8,11H,3-4,7,9-10,16H2. The Balaban J connectivity index is 1.92. The van der Waals surface area contributed by atoms with Gasteiger partial charge in [-0.1, -0.05) is 11.8 Å². The highest BCUT2D eigenvalue weighted by Gasteiger charge is 2.21. The third-order valence-corrected chi connectivity index (χ3v) is 2.61. The Morgan fingerprint density at radius 1 is 1.39 bits per heavy atom. The van der Waals surface area contributed by atoms with Gasteiger partial charge in [0.15, 0.2) is 6.79 Å². The first-order valence-corrected chi connectivity index (χ1v) is 5.98. The van der Waals surface area contributed by atoms with Gasteiger partial charge in [-0.3, -0.25) is 0 Å². The largest absolute Gasteiger partial charge is 0.466 e. The SMILES string of the molecule is NCC#Cc1cc(F)ccc1OCOCC1CC1. The molecule has 0 aliphatic heterocycles. The Kier molecular flexibility index (Phi) is 4.57. The molecule has 0 unspecified atom stereocenters. The molecule has 1 aliphatic carbocycles. The zero-order chi connectivity index (χ0) is 12.8. The van der Waals surface area contributed by atoms with E-state index >= 15 is 0 Å². The molecule has 1 fully saturated rings. The molecule has 0 atom stereocenters. The highest BCUT2D eigenvalue weighted by molar-refractivity contribution is 5.46. The van der Waals surface area contributed by atoms with Crippen molar-refractivity contribution in [2.75, 3.05) is 19.9 Å². The second kappa shape index (κ2) is 6.39. The predicted octanol–water partition coefficient (Wildman–Crippen LogP) is 1.90. The van der Waals surface area contributed by atoms with E-state index in [9.17, 15) is 4.39 Å². The Morgan fingerprint density at radius 3 is 2.94 bits per heavy atom. The maximum Gasteiger partial charge on any atom is 0.189 e. The molecule has 96 valence electrons. The smallest absolute Gasteiger partial charge is 0.189 e. The molecule has 0 spiro atoms. The molecule has 0 aromatic heterocycles. The Bertz CT molecular complexity index is 461. The van der Waals surface area contributed by atoms with Crippen molar-refractivity contribution in [3.05, 3.63) is 29.6 Å². The van der Waals surface area contributed by atoms with E-state index in [1.165, 1.54) is 25.0 Å². The topological polar surface area (TPSA) is 44.5 Å². The number of hydrogen-bond donors (Lipinski definition) is 1. The van der Waals surface area contributed by atoms with Crippen LogP contribution in [0.25, 0.3) is 0 Å². The maximum atomic E-state index is 13.1. The molecule has 0 bridgehead atoms. The van der Waals surface area contributed by atoms with Crippen LogP contribution in [0.3, 0.4) is 0 Å². The minimum Gasteiger partial charge on any atom is -0.466 e. The summed E-state index contributed by atoms with van der Waals surface area (Å²) < 4.78 is 23.9. The summed E-state index contributed by atoms with van der Waals surface area (Å²) in [6.45, 7) is 1.12. The van der Waals surface area contributed by atoms with Crippen LogP contribution < -0.4 is 10.5 Å². The molecule has 0 heterocycles. The van der Waals surface area contributed by atoms with E-state index < -0.39 is 0 Å². The van der Waals surface area contributed by atoms with Crippen molar-refractivity contribution in [3.63, 3.8) is 0 Å². The zero-order valence-electron chi connectivity index (χ0n) is 10.1. The fraction of sp³-hybridized carbons (Fsp3) is 0.429. The van der Waals surface area contributed by atoms with Crippen LogP contribution in [0.5, 0.6) is 5.75 Å². The van der Waals surface area contributed by atoms with Crippen LogP contribution in [0.4, 0.5) is 4.39 Å². The van der Waals surface area contributed by atoms with Gasteiger partial charge in [0.05, 0.1) is 18.7 Å². The van der Waals surface area contributed by atoms with Crippen LogP contribution in [-0.4, -0.2) is 19.9 Å². The molecule has 2 rings (SSSR count). The van der Waals surface area contributed by atoms with Gasteiger partial charge in [-0.15, -0.1) is 0 Å². The van der Waals surface area contributed by atoms with Crippen LogP contribution in [-0.2, 0) is 4.74 Å². The highest BCUT2D eigenvalue weighted by atomic mass is 19.1. The molecule has 0 saturated heterocycles. The lowest BCUT2D eigenvalue weighted by Crippen LogP contribution is -2.06. The number of hydrogen-bond acceptors (Lipinski definition) is 3. The van der Waals surface area contributed by atoms with Crippen LogP contribution in [0, 0.1) is 23.6 Å². The van der Waals surface area contributed by atoms with Crippen LogP contribution in [0.2, 0.25) is 0 Å². The number of ether oxygens (including phenoxy) is 2. The molecule has 0 radical (unpaired) electrons. The van der Waals surface area contributed by atoms with Crippen LogP contribution in [0.1, 0.15) is 18.4 Å².